The fourth-order valence-corrected chi connectivity index (χ4v) is 4.11. The molecular formula is C23H35N5O. The maximum Gasteiger partial charge on any atom is 0.191 e. The highest BCUT2D eigenvalue weighted by Crippen LogP contribution is 2.40. The van der Waals surface area contributed by atoms with Gasteiger partial charge in [0.25, 0.3) is 0 Å². The van der Waals surface area contributed by atoms with E-state index in [1.807, 2.05) is 24.0 Å². The van der Waals surface area contributed by atoms with Crippen LogP contribution in [0.4, 0.5) is 0 Å². The fourth-order valence-electron chi connectivity index (χ4n) is 4.11. The summed E-state index contributed by atoms with van der Waals surface area (Å²) in [6.45, 7) is 6.16. The van der Waals surface area contributed by atoms with Crippen molar-refractivity contribution in [2.75, 3.05) is 26.8 Å². The molecule has 0 amide bonds. The summed E-state index contributed by atoms with van der Waals surface area (Å²) in [5.41, 5.74) is 2.74. The standard InChI is InChI=1S/C23H35N5O/c1-3-29-14-13-23(11-7-8-12-23)19-26-22(24-2)25-15-21-16-27-28(18-21)17-20-9-5-4-6-10-20/h4-6,9-10,16,18H,3,7-8,11-15,17,19H2,1-2H3,(H2,24,25,26). The number of aliphatic imine (C=N–C) groups is 1. The highest BCUT2D eigenvalue weighted by molar-refractivity contribution is 5.79. The monoisotopic (exact) mass is 397 g/mol. The molecule has 1 fully saturated rings. The molecule has 6 heteroatoms. The van der Waals surface area contributed by atoms with E-state index < -0.39 is 0 Å². The third-order valence-electron chi connectivity index (χ3n) is 5.83. The number of ether oxygens (including phenoxy) is 1. The van der Waals surface area contributed by atoms with Gasteiger partial charge in [0.15, 0.2) is 5.96 Å². The van der Waals surface area contributed by atoms with Gasteiger partial charge in [0.05, 0.1) is 12.7 Å². The molecule has 0 aliphatic heterocycles. The average Bonchev–Trinajstić information content (AvgIpc) is 3.39. The summed E-state index contributed by atoms with van der Waals surface area (Å²) in [5, 5.41) is 11.5. The lowest BCUT2D eigenvalue weighted by Crippen LogP contribution is -2.43. The molecule has 29 heavy (non-hydrogen) atoms. The molecule has 1 aliphatic rings. The van der Waals surface area contributed by atoms with Crippen LogP contribution in [0.2, 0.25) is 0 Å². The summed E-state index contributed by atoms with van der Waals surface area (Å²) in [6, 6.07) is 10.4. The van der Waals surface area contributed by atoms with Crippen molar-refractivity contribution in [3.8, 4) is 0 Å². The van der Waals surface area contributed by atoms with Crippen LogP contribution in [0.3, 0.4) is 0 Å². The molecule has 6 nitrogen and oxygen atoms in total. The Kier molecular flexibility index (Phi) is 8.11. The second-order valence-electron chi connectivity index (χ2n) is 7.97. The topological polar surface area (TPSA) is 63.5 Å². The van der Waals surface area contributed by atoms with E-state index in [-0.39, 0.29) is 0 Å². The molecular weight excluding hydrogens is 362 g/mol. The molecule has 1 aliphatic carbocycles. The Hall–Kier alpha value is -2.34. The number of hydrogen-bond acceptors (Lipinski definition) is 3. The minimum atomic E-state index is 0.341. The van der Waals surface area contributed by atoms with Crippen molar-refractivity contribution in [2.45, 2.75) is 52.1 Å². The highest BCUT2D eigenvalue weighted by Gasteiger charge is 2.33. The normalized spacial score (nSPS) is 16.1. The minimum Gasteiger partial charge on any atom is -0.382 e. The molecule has 1 aromatic carbocycles. The van der Waals surface area contributed by atoms with E-state index in [1.165, 1.54) is 31.2 Å². The van der Waals surface area contributed by atoms with Gasteiger partial charge < -0.3 is 15.4 Å². The molecule has 1 heterocycles. The predicted molar refractivity (Wildman–Crippen MR) is 118 cm³/mol. The van der Waals surface area contributed by atoms with Crippen molar-refractivity contribution in [1.29, 1.82) is 0 Å². The second kappa shape index (κ2) is 11.0. The van der Waals surface area contributed by atoms with Crippen LogP contribution in [0.25, 0.3) is 0 Å². The Labute approximate surface area is 174 Å². The molecule has 1 saturated carbocycles. The van der Waals surface area contributed by atoms with Gasteiger partial charge in [-0.3, -0.25) is 9.67 Å². The maximum atomic E-state index is 5.62. The van der Waals surface area contributed by atoms with E-state index >= 15 is 0 Å². The summed E-state index contributed by atoms with van der Waals surface area (Å²) in [7, 11) is 1.83. The first-order valence-corrected chi connectivity index (χ1v) is 10.8. The van der Waals surface area contributed by atoms with Gasteiger partial charge >= 0.3 is 0 Å². The predicted octanol–water partition coefficient (Wildman–Crippen LogP) is 3.58. The van der Waals surface area contributed by atoms with Crippen molar-refractivity contribution < 1.29 is 4.74 Å². The number of nitrogens with zero attached hydrogens (tertiary/aromatic N) is 3. The summed E-state index contributed by atoms with van der Waals surface area (Å²) in [4.78, 5) is 4.40. The van der Waals surface area contributed by atoms with Crippen LogP contribution < -0.4 is 10.6 Å². The first-order valence-electron chi connectivity index (χ1n) is 10.8. The van der Waals surface area contributed by atoms with Crippen LogP contribution in [-0.2, 0) is 17.8 Å². The Morgan fingerprint density at radius 1 is 1.17 bits per heavy atom. The van der Waals surface area contributed by atoms with Gasteiger partial charge in [0.1, 0.15) is 0 Å². The van der Waals surface area contributed by atoms with Crippen molar-refractivity contribution in [3.63, 3.8) is 0 Å². The lowest BCUT2D eigenvalue weighted by molar-refractivity contribution is 0.105. The number of guanidine groups is 1. The summed E-state index contributed by atoms with van der Waals surface area (Å²) in [6.07, 6.45) is 10.3. The van der Waals surface area contributed by atoms with Crippen LogP contribution in [0, 0.1) is 5.41 Å². The number of benzene rings is 1. The van der Waals surface area contributed by atoms with E-state index in [4.69, 9.17) is 4.74 Å². The van der Waals surface area contributed by atoms with Crippen LogP contribution in [-0.4, -0.2) is 42.5 Å². The van der Waals surface area contributed by atoms with E-state index in [9.17, 15) is 0 Å². The first kappa shape index (κ1) is 21.4. The van der Waals surface area contributed by atoms with Gasteiger partial charge in [-0.1, -0.05) is 43.2 Å². The fraction of sp³-hybridized carbons (Fsp3) is 0.565. The Morgan fingerprint density at radius 3 is 2.69 bits per heavy atom. The molecule has 3 rings (SSSR count). The lowest BCUT2D eigenvalue weighted by Gasteiger charge is -2.30. The molecule has 2 aromatic rings. The number of nitrogens with one attached hydrogen (secondary N) is 2. The largest absolute Gasteiger partial charge is 0.382 e. The molecule has 0 unspecified atom stereocenters. The number of aromatic nitrogens is 2. The van der Waals surface area contributed by atoms with Gasteiger partial charge in [-0.15, -0.1) is 0 Å². The van der Waals surface area contributed by atoms with Crippen LogP contribution >= 0.6 is 0 Å². The summed E-state index contributed by atoms with van der Waals surface area (Å²) < 4.78 is 7.60. The van der Waals surface area contributed by atoms with E-state index in [0.29, 0.717) is 12.0 Å². The van der Waals surface area contributed by atoms with Gasteiger partial charge in [0, 0.05) is 45.1 Å². The highest BCUT2D eigenvalue weighted by atomic mass is 16.5. The van der Waals surface area contributed by atoms with Gasteiger partial charge in [-0.25, -0.2) is 0 Å². The van der Waals surface area contributed by atoms with Crippen LogP contribution in [0.5, 0.6) is 0 Å². The smallest absolute Gasteiger partial charge is 0.191 e. The molecule has 0 atom stereocenters. The first-order chi connectivity index (χ1) is 14.2. The molecule has 158 valence electrons. The number of hydrogen-bond donors (Lipinski definition) is 2. The van der Waals surface area contributed by atoms with Crippen molar-refractivity contribution >= 4 is 5.96 Å². The quantitative estimate of drug-likeness (QED) is 0.365. The summed E-state index contributed by atoms with van der Waals surface area (Å²) >= 11 is 0. The van der Waals surface area contributed by atoms with E-state index in [1.54, 1.807) is 0 Å². The van der Waals surface area contributed by atoms with E-state index in [0.717, 1.165) is 44.2 Å². The van der Waals surface area contributed by atoms with Crippen LogP contribution in [0.15, 0.2) is 47.7 Å². The average molecular weight is 398 g/mol. The SMILES string of the molecule is CCOCCC1(CNC(=NC)NCc2cnn(Cc3ccccc3)c2)CCCC1. The van der Waals surface area contributed by atoms with Crippen LogP contribution in [0.1, 0.15) is 50.2 Å². The maximum absolute atomic E-state index is 5.62. The molecule has 0 saturated heterocycles. The zero-order valence-corrected chi connectivity index (χ0v) is 17.9. The van der Waals surface area contributed by atoms with Crippen molar-refractivity contribution in [3.05, 3.63) is 53.9 Å². The Bertz CT molecular complexity index is 750. The van der Waals surface area contributed by atoms with Gasteiger partial charge in [-0.2, -0.15) is 5.10 Å². The molecule has 0 bridgehead atoms. The van der Waals surface area contributed by atoms with Crippen molar-refractivity contribution in [2.24, 2.45) is 10.4 Å². The number of rotatable bonds is 10. The summed E-state index contributed by atoms with van der Waals surface area (Å²) in [5.74, 6) is 0.850. The lowest BCUT2D eigenvalue weighted by atomic mass is 9.83. The Morgan fingerprint density at radius 2 is 1.97 bits per heavy atom. The zero-order chi connectivity index (χ0) is 20.4. The second-order valence-corrected chi connectivity index (χ2v) is 7.97. The third kappa shape index (κ3) is 6.60. The molecule has 2 N–H and O–H groups in total. The third-order valence-corrected chi connectivity index (χ3v) is 5.83. The van der Waals surface area contributed by atoms with E-state index in [2.05, 4.69) is 58.1 Å². The molecule has 1 aromatic heterocycles. The van der Waals surface area contributed by atoms with Crippen molar-refractivity contribution in [1.82, 2.24) is 20.4 Å². The van der Waals surface area contributed by atoms with Gasteiger partial charge in [-0.05, 0) is 37.2 Å². The van der Waals surface area contributed by atoms with Gasteiger partial charge in [0.2, 0.25) is 0 Å². The minimum absolute atomic E-state index is 0.341. The molecule has 0 radical (unpaired) electrons. The molecule has 0 spiro atoms. The zero-order valence-electron chi connectivity index (χ0n) is 17.9. The Balaban J connectivity index is 1.46.